The van der Waals surface area contributed by atoms with Crippen LogP contribution in [0.3, 0.4) is 0 Å². The van der Waals surface area contributed by atoms with Crippen molar-refractivity contribution in [1.29, 1.82) is 0 Å². The Hall–Kier alpha value is -3.41. The van der Waals surface area contributed by atoms with Gasteiger partial charge in [-0.1, -0.05) is 234 Å². The van der Waals surface area contributed by atoms with Crippen LogP contribution in [0.1, 0.15) is 258 Å². The maximum Gasteiger partial charge on any atom is 0.306 e. The summed E-state index contributed by atoms with van der Waals surface area (Å²) in [6.45, 7) is 6.39. The van der Waals surface area contributed by atoms with Crippen molar-refractivity contribution in [3.05, 3.63) is 85.1 Å². The molecule has 378 valence electrons. The fourth-order valence-electron chi connectivity index (χ4n) is 7.51. The first-order valence-corrected chi connectivity index (χ1v) is 27.6. The van der Waals surface area contributed by atoms with Crippen LogP contribution >= 0.6 is 0 Å². The van der Waals surface area contributed by atoms with Gasteiger partial charge in [0.05, 0.1) is 0 Å². The van der Waals surface area contributed by atoms with Crippen molar-refractivity contribution < 1.29 is 28.6 Å². The van der Waals surface area contributed by atoms with Gasteiger partial charge in [0.25, 0.3) is 0 Å². The monoisotopic (exact) mass is 919 g/mol. The molecule has 6 heteroatoms. The Labute approximate surface area is 407 Å². The lowest BCUT2D eigenvalue weighted by Crippen LogP contribution is -2.30. The van der Waals surface area contributed by atoms with E-state index in [0.29, 0.717) is 19.3 Å². The molecule has 0 saturated heterocycles. The third-order valence-corrected chi connectivity index (χ3v) is 11.6. The minimum atomic E-state index is -0.779. The van der Waals surface area contributed by atoms with Crippen LogP contribution in [0.15, 0.2) is 85.1 Å². The van der Waals surface area contributed by atoms with Crippen LogP contribution in [0.4, 0.5) is 0 Å². The second-order valence-electron chi connectivity index (χ2n) is 18.1. The summed E-state index contributed by atoms with van der Waals surface area (Å²) in [4.78, 5) is 37.8. The highest BCUT2D eigenvalue weighted by atomic mass is 16.6. The molecule has 1 atom stereocenters. The molecule has 0 aliphatic carbocycles. The Kier molecular flexibility index (Phi) is 51.4. The first-order chi connectivity index (χ1) is 32.5. The Morgan fingerprint density at radius 2 is 0.621 bits per heavy atom. The van der Waals surface area contributed by atoms with Gasteiger partial charge >= 0.3 is 17.9 Å². The number of unbranched alkanes of at least 4 members (excludes halogenated alkanes) is 24. The molecule has 0 aromatic carbocycles. The Morgan fingerprint density at radius 1 is 0.318 bits per heavy atom. The molecular weight excluding hydrogens is 817 g/mol. The van der Waals surface area contributed by atoms with E-state index in [4.69, 9.17) is 14.2 Å². The molecule has 0 radical (unpaired) electrons. The molecule has 0 rings (SSSR count). The minimum absolute atomic E-state index is 0.0813. The largest absolute Gasteiger partial charge is 0.462 e. The second kappa shape index (κ2) is 54.2. The number of rotatable bonds is 49. The summed E-state index contributed by atoms with van der Waals surface area (Å²) >= 11 is 0. The summed E-state index contributed by atoms with van der Waals surface area (Å²) in [6.07, 6.45) is 70.4. The number of ether oxygens (including phenoxy) is 3. The van der Waals surface area contributed by atoms with Gasteiger partial charge in [-0.05, 0) is 89.9 Å². The van der Waals surface area contributed by atoms with Gasteiger partial charge in [-0.15, -0.1) is 0 Å². The molecule has 0 amide bonds. The summed E-state index contributed by atoms with van der Waals surface area (Å²) in [5, 5.41) is 0. The van der Waals surface area contributed by atoms with Crippen LogP contribution in [-0.2, 0) is 28.6 Å². The number of hydrogen-bond donors (Lipinski definition) is 0. The zero-order chi connectivity index (χ0) is 47.9. The van der Waals surface area contributed by atoms with Gasteiger partial charge in [0.1, 0.15) is 13.2 Å². The summed E-state index contributed by atoms with van der Waals surface area (Å²) in [5.41, 5.74) is 0. The fourth-order valence-corrected chi connectivity index (χ4v) is 7.51. The number of allylic oxidation sites excluding steroid dienone is 14. The van der Waals surface area contributed by atoms with E-state index < -0.39 is 6.10 Å². The molecule has 0 aromatic rings. The van der Waals surface area contributed by atoms with E-state index in [1.54, 1.807) is 0 Å². The zero-order valence-electron chi connectivity index (χ0n) is 43.2. The molecule has 0 saturated carbocycles. The van der Waals surface area contributed by atoms with Crippen molar-refractivity contribution >= 4 is 17.9 Å². The van der Waals surface area contributed by atoms with Gasteiger partial charge in [0, 0.05) is 19.3 Å². The number of carbonyl (C=O) groups is 3. The van der Waals surface area contributed by atoms with Gasteiger partial charge in [0.2, 0.25) is 0 Å². The topological polar surface area (TPSA) is 78.9 Å². The molecular formula is C60H102O6. The zero-order valence-corrected chi connectivity index (χ0v) is 43.2. The van der Waals surface area contributed by atoms with Gasteiger partial charge in [-0.25, -0.2) is 0 Å². The lowest BCUT2D eigenvalue weighted by molar-refractivity contribution is -0.167. The molecule has 0 N–H and O–H groups in total. The third-order valence-electron chi connectivity index (χ3n) is 11.6. The standard InChI is InChI=1S/C60H102O6/c1-4-7-10-13-16-18-20-22-23-24-25-26-27-28-29-30-31-32-33-34-35-36-37-39-40-42-44-47-50-53-59(62)65-56-57(55-64-58(61)52-49-46-15-12-9-6-3)66-60(63)54-51-48-45-43-41-38-21-19-17-14-11-8-5-2/h7,10-11,14,16,18-19,21-23,25-26,28-29,57H,4-6,8-9,12-13,15,17,20,24,27,30-56H2,1-3H3/b10-7-,14-11-,18-16-,21-19-,23-22-,26-25-,29-28-. The average molecular weight is 919 g/mol. The lowest BCUT2D eigenvalue weighted by atomic mass is 10.0. The smallest absolute Gasteiger partial charge is 0.306 e. The summed E-state index contributed by atoms with van der Waals surface area (Å²) in [6, 6.07) is 0. The van der Waals surface area contributed by atoms with Crippen molar-refractivity contribution in [1.82, 2.24) is 0 Å². The SMILES string of the molecule is CC/C=C\C/C=C\C/C=C\C/C=C\C/C=C\CCCCCCCCCCCCCCCC(=O)OCC(COC(=O)CCCCCCCC)OC(=O)CCCCCCC/C=C\C/C=C\CCC. The van der Waals surface area contributed by atoms with E-state index in [2.05, 4.69) is 106 Å². The third kappa shape index (κ3) is 51.6. The quantitative estimate of drug-likeness (QED) is 0.0262. The van der Waals surface area contributed by atoms with Crippen molar-refractivity contribution in [3.63, 3.8) is 0 Å². The normalized spacial score (nSPS) is 12.7. The van der Waals surface area contributed by atoms with E-state index >= 15 is 0 Å². The van der Waals surface area contributed by atoms with Crippen molar-refractivity contribution in [3.8, 4) is 0 Å². The van der Waals surface area contributed by atoms with Gasteiger partial charge in [-0.3, -0.25) is 14.4 Å². The van der Waals surface area contributed by atoms with Crippen LogP contribution in [-0.4, -0.2) is 37.2 Å². The number of esters is 3. The molecule has 0 aliphatic rings. The number of hydrogen-bond acceptors (Lipinski definition) is 6. The van der Waals surface area contributed by atoms with E-state index in [1.807, 2.05) is 0 Å². The minimum Gasteiger partial charge on any atom is -0.462 e. The summed E-state index contributed by atoms with van der Waals surface area (Å²) in [7, 11) is 0. The van der Waals surface area contributed by atoms with Gasteiger partial charge in [0.15, 0.2) is 6.10 Å². The van der Waals surface area contributed by atoms with E-state index in [1.165, 1.54) is 96.3 Å². The van der Waals surface area contributed by atoms with Crippen LogP contribution in [0, 0.1) is 0 Å². The first-order valence-electron chi connectivity index (χ1n) is 27.6. The number of carbonyl (C=O) groups excluding carboxylic acids is 3. The molecule has 0 aliphatic heterocycles. The lowest BCUT2D eigenvalue weighted by Gasteiger charge is -2.18. The summed E-state index contributed by atoms with van der Waals surface area (Å²) < 4.78 is 16.7. The highest BCUT2D eigenvalue weighted by Crippen LogP contribution is 2.15. The fraction of sp³-hybridized carbons (Fsp3) is 0.717. The molecule has 0 bridgehead atoms. The van der Waals surface area contributed by atoms with Crippen LogP contribution < -0.4 is 0 Å². The molecule has 0 heterocycles. The average Bonchev–Trinajstić information content (AvgIpc) is 3.31. The first kappa shape index (κ1) is 62.6. The van der Waals surface area contributed by atoms with Crippen LogP contribution in [0.2, 0.25) is 0 Å². The second-order valence-corrected chi connectivity index (χ2v) is 18.1. The predicted molar refractivity (Wildman–Crippen MR) is 284 cm³/mol. The molecule has 66 heavy (non-hydrogen) atoms. The molecule has 0 spiro atoms. The maximum atomic E-state index is 12.7. The van der Waals surface area contributed by atoms with E-state index in [0.717, 1.165) is 122 Å². The van der Waals surface area contributed by atoms with Crippen molar-refractivity contribution in [2.45, 2.75) is 264 Å². The Balaban J connectivity index is 4.06. The molecule has 0 fully saturated rings. The highest BCUT2D eigenvalue weighted by molar-refractivity contribution is 5.71. The Bertz CT molecular complexity index is 1290. The summed E-state index contributed by atoms with van der Waals surface area (Å²) in [5.74, 6) is -0.905. The predicted octanol–water partition coefficient (Wildman–Crippen LogP) is 18.4. The van der Waals surface area contributed by atoms with Crippen LogP contribution in [0.25, 0.3) is 0 Å². The maximum absolute atomic E-state index is 12.7. The van der Waals surface area contributed by atoms with Crippen molar-refractivity contribution in [2.75, 3.05) is 13.2 Å². The molecule has 6 nitrogen and oxygen atoms in total. The van der Waals surface area contributed by atoms with Crippen molar-refractivity contribution in [2.24, 2.45) is 0 Å². The van der Waals surface area contributed by atoms with Gasteiger partial charge in [-0.2, -0.15) is 0 Å². The van der Waals surface area contributed by atoms with Crippen LogP contribution in [0.5, 0.6) is 0 Å². The van der Waals surface area contributed by atoms with E-state index in [9.17, 15) is 14.4 Å². The highest BCUT2D eigenvalue weighted by Gasteiger charge is 2.19. The molecule has 1 unspecified atom stereocenters. The Morgan fingerprint density at radius 3 is 0.985 bits per heavy atom. The molecule has 0 aromatic heterocycles. The van der Waals surface area contributed by atoms with Gasteiger partial charge < -0.3 is 14.2 Å². The van der Waals surface area contributed by atoms with E-state index in [-0.39, 0.29) is 31.1 Å².